The molecule has 0 saturated carbocycles. The summed E-state index contributed by atoms with van der Waals surface area (Å²) < 4.78 is 15.3. The number of benzene rings is 3. The SMILES string of the molecule is Fc1ccc(-c2nnc(SCc3ccccc3Cl)n2-c2ccccc2)cc1. The molecule has 3 aromatic carbocycles. The van der Waals surface area contributed by atoms with Gasteiger partial charge in [0.25, 0.3) is 0 Å². The molecule has 0 unspecified atom stereocenters. The van der Waals surface area contributed by atoms with Crippen molar-refractivity contribution >= 4 is 23.4 Å². The summed E-state index contributed by atoms with van der Waals surface area (Å²) in [7, 11) is 0. The molecule has 4 rings (SSSR count). The van der Waals surface area contributed by atoms with Crippen LogP contribution in [0.4, 0.5) is 4.39 Å². The van der Waals surface area contributed by atoms with E-state index in [-0.39, 0.29) is 5.82 Å². The predicted molar refractivity (Wildman–Crippen MR) is 108 cm³/mol. The van der Waals surface area contributed by atoms with Crippen molar-refractivity contribution in [2.75, 3.05) is 0 Å². The molecule has 0 N–H and O–H groups in total. The van der Waals surface area contributed by atoms with E-state index in [9.17, 15) is 4.39 Å². The summed E-state index contributed by atoms with van der Waals surface area (Å²) in [6.07, 6.45) is 0. The molecule has 134 valence electrons. The highest BCUT2D eigenvalue weighted by molar-refractivity contribution is 7.98. The van der Waals surface area contributed by atoms with Crippen LogP contribution in [0.3, 0.4) is 0 Å². The lowest BCUT2D eigenvalue weighted by Crippen LogP contribution is -1.99. The van der Waals surface area contributed by atoms with Crippen molar-refractivity contribution < 1.29 is 4.39 Å². The molecule has 0 aliphatic heterocycles. The van der Waals surface area contributed by atoms with E-state index in [1.54, 1.807) is 23.9 Å². The van der Waals surface area contributed by atoms with Gasteiger partial charge in [-0.3, -0.25) is 4.57 Å². The van der Waals surface area contributed by atoms with Gasteiger partial charge in [0, 0.05) is 22.0 Å². The van der Waals surface area contributed by atoms with Crippen molar-refractivity contribution in [3.63, 3.8) is 0 Å². The number of hydrogen-bond acceptors (Lipinski definition) is 3. The molecule has 0 radical (unpaired) electrons. The molecule has 0 aliphatic carbocycles. The Kier molecular flexibility index (Phi) is 5.23. The van der Waals surface area contributed by atoms with Crippen LogP contribution in [0.1, 0.15) is 5.56 Å². The molecule has 1 aromatic heterocycles. The van der Waals surface area contributed by atoms with Crippen LogP contribution in [-0.2, 0) is 5.75 Å². The first kappa shape index (κ1) is 17.8. The summed E-state index contributed by atoms with van der Waals surface area (Å²) in [5.41, 5.74) is 2.79. The minimum absolute atomic E-state index is 0.280. The molecule has 0 spiro atoms. The number of halogens is 2. The lowest BCUT2D eigenvalue weighted by atomic mass is 10.2. The zero-order valence-corrected chi connectivity index (χ0v) is 15.8. The molecule has 27 heavy (non-hydrogen) atoms. The molecule has 6 heteroatoms. The van der Waals surface area contributed by atoms with Gasteiger partial charge in [0.2, 0.25) is 0 Å². The molecular weight excluding hydrogens is 381 g/mol. The smallest absolute Gasteiger partial charge is 0.196 e. The summed E-state index contributed by atoms with van der Waals surface area (Å²) in [6, 6.07) is 23.9. The van der Waals surface area contributed by atoms with Gasteiger partial charge in [-0.05, 0) is 48.0 Å². The molecule has 0 amide bonds. The molecule has 0 aliphatic rings. The van der Waals surface area contributed by atoms with Gasteiger partial charge in [-0.1, -0.05) is 59.8 Å². The first-order valence-electron chi connectivity index (χ1n) is 8.35. The number of rotatable bonds is 5. The summed E-state index contributed by atoms with van der Waals surface area (Å²) in [5.74, 6) is 1.06. The zero-order valence-electron chi connectivity index (χ0n) is 14.2. The largest absolute Gasteiger partial charge is 0.270 e. The average Bonchev–Trinajstić information content (AvgIpc) is 3.12. The average molecular weight is 396 g/mol. The molecule has 0 fully saturated rings. The molecule has 3 nitrogen and oxygen atoms in total. The molecule has 0 bridgehead atoms. The van der Waals surface area contributed by atoms with E-state index in [4.69, 9.17) is 11.6 Å². The third-order valence-electron chi connectivity index (χ3n) is 4.06. The van der Waals surface area contributed by atoms with Gasteiger partial charge in [-0.15, -0.1) is 10.2 Å². The van der Waals surface area contributed by atoms with Gasteiger partial charge < -0.3 is 0 Å². The fraction of sp³-hybridized carbons (Fsp3) is 0.0476. The first-order chi connectivity index (χ1) is 13.2. The minimum atomic E-state index is -0.280. The van der Waals surface area contributed by atoms with E-state index in [1.807, 2.05) is 59.2 Å². The lowest BCUT2D eigenvalue weighted by Gasteiger charge is -2.10. The Morgan fingerprint density at radius 3 is 2.30 bits per heavy atom. The maximum Gasteiger partial charge on any atom is 0.196 e. The number of aromatic nitrogens is 3. The second kappa shape index (κ2) is 7.94. The molecule has 1 heterocycles. The third-order valence-corrected chi connectivity index (χ3v) is 5.41. The van der Waals surface area contributed by atoms with Gasteiger partial charge in [0.05, 0.1) is 0 Å². The second-order valence-corrected chi connectivity index (χ2v) is 7.21. The van der Waals surface area contributed by atoms with Gasteiger partial charge >= 0.3 is 0 Å². The Hall–Kier alpha value is -2.63. The fourth-order valence-corrected chi connectivity index (χ4v) is 3.95. The molecular formula is C21H15ClFN3S. The van der Waals surface area contributed by atoms with Gasteiger partial charge in [0.1, 0.15) is 5.82 Å². The minimum Gasteiger partial charge on any atom is -0.270 e. The Labute approximate surface area is 165 Å². The van der Waals surface area contributed by atoms with Gasteiger partial charge in [0.15, 0.2) is 11.0 Å². The summed E-state index contributed by atoms with van der Waals surface area (Å²) >= 11 is 7.83. The zero-order chi connectivity index (χ0) is 18.6. The van der Waals surface area contributed by atoms with E-state index in [2.05, 4.69) is 10.2 Å². The van der Waals surface area contributed by atoms with Crippen molar-refractivity contribution in [3.8, 4) is 17.1 Å². The summed E-state index contributed by atoms with van der Waals surface area (Å²) in [4.78, 5) is 0. The molecule has 0 saturated heterocycles. The van der Waals surface area contributed by atoms with Crippen molar-refractivity contribution in [2.24, 2.45) is 0 Å². The van der Waals surface area contributed by atoms with Crippen LogP contribution < -0.4 is 0 Å². The van der Waals surface area contributed by atoms with Crippen LogP contribution in [0.5, 0.6) is 0 Å². The lowest BCUT2D eigenvalue weighted by molar-refractivity contribution is 0.628. The Bertz CT molecular complexity index is 1050. The quantitative estimate of drug-likeness (QED) is 0.387. The molecule has 0 atom stereocenters. The highest BCUT2D eigenvalue weighted by Gasteiger charge is 2.16. The third kappa shape index (κ3) is 3.89. The monoisotopic (exact) mass is 395 g/mol. The first-order valence-corrected chi connectivity index (χ1v) is 9.72. The van der Waals surface area contributed by atoms with E-state index in [0.29, 0.717) is 11.6 Å². The number of hydrogen-bond donors (Lipinski definition) is 0. The second-order valence-electron chi connectivity index (χ2n) is 5.86. The van der Waals surface area contributed by atoms with E-state index < -0.39 is 0 Å². The van der Waals surface area contributed by atoms with Crippen molar-refractivity contribution in [1.82, 2.24) is 14.8 Å². The topological polar surface area (TPSA) is 30.7 Å². The van der Waals surface area contributed by atoms with Crippen LogP contribution in [0.25, 0.3) is 17.1 Å². The summed E-state index contributed by atoms with van der Waals surface area (Å²) in [5, 5.41) is 10.2. The van der Waals surface area contributed by atoms with Crippen LogP contribution in [-0.4, -0.2) is 14.8 Å². The van der Waals surface area contributed by atoms with E-state index in [1.165, 1.54) is 12.1 Å². The standard InChI is InChI=1S/C21H15ClFN3S/c22-19-9-5-4-6-16(19)14-27-21-25-24-20(15-10-12-17(23)13-11-15)26(21)18-7-2-1-3-8-18/h1-13H,14H2. The van der Waals surface area contributed by atoms with E-state index in [0.717, 1.165) is 27.0 Å². The molecule has 4 aromatic rings. The van der Waals surface area contributed by atoms with Gasteiger partial charge in [-0.25, -0.2) is 4.39 Å². The number of para-hydroxylation sites is 1. The van der Waals surface area contributed by atoms with Crippen molar-refractivity contribution in [2.45, 2.75) is 10.9 Å². The maximum absolute atomic E-state index is 13.3. The van der Waals surface area contributed by atoms with Crippen LogP contribution in [0.15, 0.2) is 84.0 Å². The van der Waals surface area contributed by atoms with Crippen molar-refractivity contribution in [1.29, 1.82) is 0 Å². The Balaban J connectivity index is 1.73. The number of thioether (sulfide) groups is 1. The van der Waals surface area contributed by atoms with Crippen LogP contribution >= 0.6 is 23.4 Å². The van der Waals surface area contributed by atoms with Crippen LogP contribution in [0, 0.1) is 5.82 Å². The van der Waals surface area contributed by atoms with Gasteiger partial charge in [-0.2, -0.15) is 0 Å². The number of nitrogens with zero attached hydrogens (tertiary/aromatic N) is 3. The Morgan fingerprint density at radius 1 is 0.852 bits per heavy atom. The normalized spacial score (nSPS) is 10.9. The maximum atomic E-state index is 13.3. The van der Waals surface area contributed by atoms with E-state index >= 15 is 0 Å². The predicted octanol–water partition coefficient (Wildman–Crippen LogP) is 6.02. The van der Waals surface area contributed by atoms with Crippen molar-refractivity contribution in [3.05, 3.63) is 95.3 Å². The fourth-order valence-electron chi connectivity index (χ4n) is 2.72. The highest BCUT2D eigenvalue weighted by Crippen LogP contribution is 2.31. The highest BCUT2D eigenvalue weighted by atomic mass is 35.5. The summed E-state index contributed by atoms with van der Waals surface area (Å²) in [6.45, 7) is 0. The van der Waals surface area contributed by atoms with Crippen LogP contribution in [0.2, 0.25) is 5.02 Å². The Morgan fingerprint density at radius 2 is 1.56 bits per heavy atom.